The normalized spacial score (nSPS) is 17.5. The zero-order valence-electron chi connectivity index (χ0n) is 18.5. The van der Waals surface area contributed by atoms with Crippen LogP contribution in [0.2, 0.25) is 0 Å². The van der Waals surface area contributed by atoms with Crippen molar-refractivity contribution in [2.75, 3.05) is 6.54 Å². The summed E-state index contributed by atoms with van der Waals surface area (Å²) < 4.78 is 4.66. The van der Waals surface area contributed by atoms with Gasteiger partial charge in [0.05, 0.1) is 22.8 Å². The molecule has 5 rings (SSSR count). The SMILES string of the molecule is CCCCn1c(=O)[nH]c(=O)c2c1nc(CN1CCCC[C@@H]1c1nc3ccccc3s1)n2C. The van der Waals surface area contributed by atoms with E-state index in [4.69, 9.17) is 9.97 Å². The maximum absolute atomic E-state index is 12.6. The quantitative estimate of drug-likeness (QED) is 0.483. The molecule has 1 saturated heterocycles. The average molecular weight is 453 g/mol. The van der Waals surface area contributed by atoms with Crippen LogP contribution < -0.4 is 11.2 Å². The lowest BCUT2D eigenvalue weighted by Gasteiger charge is -2.34. The van der Waals surface area contributed by atoms with Gasteiger partial charge in [-0.05, 0) is 37.9 Å². The van der Waals surface area contributed by atoms with Crippen molar-refractivity contribution in [1.29, 1.82) is 0 Å². The molecule has 4 heterocycles. The monoisotopic (exact) mass is 452 g/mol. The van der Waals surface area contributed by atoms with Gasteiger partial charge in [0, 0.05) is 13.6 Å². The largest absolute Gasteiger partial charge is 0.330 e. The maximum Gasteiger partial charge on any atom is 0.330 e. The highest BCUT2D eigenvalue weighted by Crippen LogP contribution is 2.36. The first kappa shape index (κ1) is 21.1. The second-order valence-corrected chi connectivity index (χ2v) is 9.59. The Morgan fingerprint density at radius 1 is 1.19 bits per heavy atom. The molecule has 1 aliphatic heterocycles. The van der Waals surface area contributed by atoms with Gasteiger partial charge in [-0.3, -0.25) is 19.2 Å². The van der Waals surface area contributed by atoms with E-state index in [0.717, 1.165) is 48.6 Å². The molecule has 0 saturated carbocycles. The average Bonchev–Trinajstić information content (AvgIpc) is 3.36. The van der Waals surface area contributed by atoms with Crippen LogP contribution in [0.1, 0.15) is 55.9 Å². The number of hydrogen-bond donors (Lipinski definition) is 1. The van der Waals surface area contributed by atoms with Crippen LogP contribution in [0, 0.1) is 0 Å². The number of piperidine rings is 1. The number of H-pyrrole nitrogens is 1. The fraction of sp³-hybridized carbons (Fsp3) is 0.478. The topological polar surface area (TPSA) is 88.8 Å². The van der Waals surface area contributed by atoms with E-state index < -0.39 is 0 Å². The van der Waals surface area contributed by atoms with E-state index in [1.807, 2.05) is 17.7 Å². The summed E-state index contributed by atoms with van der Waals surface area (Å²) in [6.07, 6.45) is 5.19. The molecule has 168 valence electrons. The maximum atomic E-state index is 12.6. The van der Waals surface area contributed by atoms with Crippen molar-refractivity contribution in [2.24, 2.45) is 7.05 Å². The summed E-state index contributed by atoms with van der Waals surface area (Å²) in [5, 5.41) is 1.14. The predicted molar refractivity (Wildman–Crippen MR) is 127 cm³/mol. The molecular weight excluding hydrogens is 424 g/mol. The number of aromatic amines is 1. The first-order valence-electron chi connectivity index (χ1n) is 11.3. The molecule has 1 aliphatic rings. The smallest absolute Gasteiger partial charge is 0.324 e. The molecule has 1 atom stereocenters. The summed E-state index contributed by atoms with van der Waals surface area (Å²) in [5.74, 6) is 0.800. The lowest BCUT2D eigenvalue weighted by molar-refractivity contribution is 0.135. The number of nitrogens with zero attached hydrogens (tertiary/aromatic N) is 5. The molecule has 0 radical (unpaired) electrons. The Hall–Kier alpha value is -2.78. The highest BCUT2D eigenvalue weighted by molar-refractivity contribution is 7.18. The zero-order chi connectivity index (χ0) is 22.2. The van der Waals surface area contributed by atoms with Crippen molar-refractivity contribution in [1.82, 2.24) is 29.0 Å². The Balaban J connectivity index is 1.52. The summed E-state index contributed by atoms with van der Waals surface area (Å²) in [5.41, 5.74) is 1.24. The number of likely N-dealkylation sites (tertiary alicyclic amines) is 1. The minimum Gasteiger partial charge on any atom is -0.324 e. The van der Waals surface area contributed by atoms with Crippen molar-refractivity contribution in [3.63, 3.8) is 0 Å². The van der Waals surface area contributed by atoms with Gasteiger partial charge in [0.2, 0.25) is 0 Å². The van der Waals surface area contributed by atoms with Crippen LogP contribution in [0.15, 0.2) is 33.9 Å². The second-order valence-electron chi connectivity index (χ2n) is 8.53. The predicted octanol–water partition coefficient (Wildman–Crippen LogP) is 3.56. The van der Waals surface area contributed by atoms with Crippen LogP contribution in [-0.2, 0) is 20.1 Å². The van der Waals surface area contributed by atoms with E-state index in [9.17, 15) is 9.59 Å². The summed E-state index contributed by atoms with van der Waals surface area (Å²) in [6.45, 7) is 4.21. The third-order valence-corrected chi connectivity index (χ3v) is 7.53. The van der Waals surface area contributed by atoms with Gasteiger partial charge in [-0.15, -0.1) is 11.3 Å². The second kappa shape index (κ2) is 8.63. The van der Waals surface area contributed by atoms with Gasteiger partial charge in [-0.25, -0.2) is 14.8 Å². The first-order chi connectivity index (χ1) is 15.6. The van der Waals surface area contributed by atoms with E-state index in [-0.39, 0.29) is 17.3 Å². The molecular formula is C23H28N6O2S. The van der Waals surface area contributed by atoms with E-state index in [0.29, 0.717) is 24.3 Å². The first-order valence-corrected chi connectivity index (χ1v) is 12.2. The number of aromatic nitrogens is 5. The van der Waals surface area contributed by atoms with Crippen LogP contribution in [0.4, 0.5) is 0 Å². The summed E-state index contributed by atoms with van der Waals surface area (Å²) in [4.78, 5) is 39.6. The van der Waals surface area contributed by atoms with Crippen molar-refractivity contribution < 1.29 is 0 Å². The Kier molecular flexibility index (Phi) is 5.69. The highest BCUT2D eigenvalue weighted by Gasteiger charge is 2.28. The number of para-hydroxylation sites is 1. The van der Waals surface area contributed by atoms with E-state index in [1.54, 1.807) is 15.9 Å². The van der Waals surface area contributed by atoms with Gasteiger partial charge in [0.25, 0.3) is 5.56 Å². The number of rotatable bonds is 6. The molecule has 1 fully saturated rings. The van der Waals surface area contributed by atoms with Crippen LogP contribution in [0.3, 0.4) is 0 Å². The molecule has 1 N–H and O–H groups in total. The number of imidazole rings is 1. The molecule has 0 bridgehead atoms. The van der Waals surface area contributed by atoms with Gasteiger partial charge in [0.15, 0.2) is 11.2 Å². The lowest BCUT2D eigenvalue weighted by atomic mass is 10.0. The molecule has 32 heavy (non-hydrogen) atoms. The van der Waals surface area contributed by atoms with Crippen LogP contribution in [-0.4, -0.2) is 35.5 Å². The molecule has 0 amide bonds. The Morgan fingerprint density at radius 2 is 2.03 bits per heavy atom. The standard InChI is InChI=1S/C23H28N6O2S/c1-3-4-13-29-20-19(21(30)26-23(29)31)27(2)18(25-20)14-28-12-8-7-10-16(28)22-24-15-9-5-6-11-17(15)32-22/h5-6,9,11,16H,3-4,7-8,10,12-14H2,1-2H3,(H,26,30,31)/t16-/m1/s1. The summed E-state index contributed by atoms with van der Waals surface area (Å²) >= 11 is 1.76. The molecule has 4 aromatic rings. The van der Waals surface area contributed by atoms with Gasteiger partial charge in [-0.1, -0.05) is 31.9 Å². The van der Waals surface area contributed by atoms with Gasteiger partial charge in [0.1, 0.15) is 10.8 Å². The Morgan fingerprint density at radius 3 is 2.84 bits per heavy atom. The summed E-state index contributed by atoms with van der Waals surface area (Å²) in [7, 11) is 1.87. The van der Waals surface area contributed by atoms with Crippen molar-refractivity contribution >= 4 is 32.7 Å². The van der Waals surface area contributed by atoms with Gasteiger partial charge >= 0.3 is 5.69 Å². The van der Waals surface area contributed by atoms with E-state index in [1.165, 1.54) is 11.1 Å². The number of aryl methyl sites for hydroxylation is 2. The molecule has 8 nitrogen and oxygen atoms in total. The molecule has 3 aromatic heterocycles. The minimum atomic E-state index is -0.383. The van der Waals surface area contributed by atoms with Crippen molar-refractivity contribution in [3.8, 4) is 0 Å². The number of unbranched alkanes of at least 4 members (excludes halogenated alkanes) is 1. The van der Waals surface area contributed by atoms with Crippen molar-refractivity contribution in [2.45, 2.75) is 58.2 Å². The Labute approximate surface area is 189 Å². The molecule has 1 aromatic carbocycles. The molecule has 9 heteroatoms. The van der Waals surface area contributed by atoms with E-state index >= 15 is 0 Å². The molecule has 0 spiro atoms. The highest BCUT2D eigenvalue weighted by atomic mass is 32.1. The van der Waals surface area contributed by atoms with Crippen molar-refractivity contribution in [3.05, 3.63) is 55.9 Å². The fourth-order valence-electron chi connectivity index (χ4n) is 4.63. The number of benzene rings is 1. The lowest BCUT2D eigenvalue weighted by Crippen LogP contribution is -2.33. The Bertz CT molecular complexity index is 1350. The van der Waals surface area contributed by atoms with E-state index in [2.05, 4.69) is 35.0 Å². The van der Waals surface area contributed by atoms with Gasteiger partial charge in [-0.2, -0.15) is 0 Å². The number of thiazole rings is 1. The number of hydrogen-bond acceptors (Lipinski definition) is 6. The number of fused-ring (bicyclic) bond motifs is 2. The van der Waals surface area contributed by atoms with Crippen LogP contribution in [0.25, 0.3) is 21.4 Å². The fourth-order valence-corrected chi connectivity index (χ4v) is 5.77. The van der Waals surface area contributed by atoms with Crippen LogP contribution in [0.5, 0.6) is 0 Å². The summed E-state index contributed by atoms with van der Waals surface area (Å²) in [6, 6.07) is 8.51. The zero-order valence-corrected chi connectivity index (χ0v) is 19.3. The van der Waals surface area contributed by atoms with Crippen LogP contribution >= 0.6 is 11.3 Å². The molecule has 0 unspecified atom stereocenters. The molecule has 0 aliphatic carbocycles. The number of nitrogens with one attached hydrogen (secondary N) is 1. The third-order valence-electron chi connectivity index (χ3n) is 6.39. The third kappa shape index (κ3) is 3.69. The van der Waals surface area contributed by atoms with Gasteiger partial charge < -0.3 is 4.57 Å². The minimum absolute atomic E-state index is 0.238.